The highest BCUT2D eigenvalue weighted by Crippen LogP contribution is 2.44. The zero-order chi connectivity index (χ0) is 11.9. The third-order valence-corrected chi connectivity index (χ3v) is 5.62. The molecule has 0 radical (unpaired) electrons. The van der Waals surface area contributed by atoms with E-state index in [0.717, 1.165) is 25.3 Å². The lowest BCUT2D eigenvalue weighted by atomic mass is 9.68. The molecule has 2 saturated heterocycles. The van der Waals surface area contributed by atoms with Crippen LogP contribution in [0.3, 0.4) is 0 Å². The molecule has 0 aromatic rings. The molecule has 3 rings (SSSR count). The highest BCUT2D eigenvalue weighted by atomic mass is 16.3. The molecule has 3 aliphatic rings. The summed E-state index contributed by atoms with van der Waals surface area (Å²) in [5, 5.41) is 11.0. The van der Waals surface area contributed by atoms with E-state index in [4.69, 9.17) is 0 Å². The van der Waals surface area contributed by atoms with Gasteiger partial charge in [0.15, 0.2) is 0 Å². The normalized spacial score (nSPS) is 48.0. The number of rotatable bonds is 1. The molecule has 4 unspecified atom stereocenters. The van der Waals surface area contributed by atoms with Gasteiger partial charge in [0.25, 0.3) is 0 Å². The molecule has 0 bridgehead atoms. The van der Waals surface area contributed by atoms with E-state index in [1.54, 1.807) is 0 Å². The molecule has 0 aromatic heterocycles. The number of fused-ring (bicyclic) bond motifs is 1. The van der Waals surface area contributed by atoms with Gasteiger partial charge in [-0.1, -0.05) is 19.8 Å². The fraction of sp³-hybridized carbons (Fsp3) is 1.00. The predicted octanol–water partition coefficient (Wildman–Crippen LogP) is 2.80. The number of hydrogen-bond acceptors (Lipinski definition) is 2. The second kappa shape index (κ2) is 4.55. The third-order valence-electron chi connectivity index (χ3n) is 5.62. The van der Waals surface area contributed by atoms with E-state index in [1.165, 1.54) is 45.1 Å². The van der Waals surface area contributed by atoms with Gasteiger partial charge in [-0.3, -0.25) is 0 Å². The van der Waals surface area contributed by atoms with Crippen molar-refractivity contribution in [3.8, 4) is 0 Å². The standard InChI is InChI=1S/C15H27NO/c1-12-4-2-5-13(10-12)15(17)7-9-16-8-3-6-14(16)11-15/h12-14,17H,2-11H2,1H3. The Kier molecular flexibility index (Phi) is 3.20. The van der Waals surface area contributed by atoms with Gasteiger partial charge in [-0.15, -0.1) is 0 Å². The second-order valence-electron chi connectivity index (χ2n) is 6.86. The van der Waals surface area contributed by atoms with E-state index in [-0.39, 0.29) is 5.60 Å². The average molecular weight is 237 g/mol. The van der Waals surface area contributed by atoms with Crippen LogP contribution in [0.2, 0.25) is 0 Å². The number of piperidine rings is 1. The van der Waals surface area contributed by atoms with Gasteiger partial charge in [0.1, 0.15) is 0 Å². The first-order valence-electron chi connectivity index (χ1n) is 7.64. The molecule has 1 aliphatic carbocycles. The van der Waals surface area contributed by atoms with Gasteiger partial charge in [0.2, 0.25) is 0 Å². The van der Waals surface area contributed by atoms with Crippen LogP contribution in [0.25, 0.3) is 0 Å². The molecule has 2 nitrogen and oxygen atoms in total. The van der Waals surface area contributed by atoms with Crippen molar-refractivity contribution in [2.24, 2.45) is 11.8 Å². The fourth-order valence-corrected chi connectivity index (χ4v) is 4.56. The molecule has 0 amide bonds. The molecule has 17 heavy (non-hydrogen) atoms. The van der Waals surface area contributed by atoms with Crippen LogP contribution in [-0.2, 0) is 0 Å². The molecule has 2 heterocycles. The monoisotopic (exact) mass is 237 g/mol. The van der Waals surface area contributed by atoms with E-state index >= 15 is 0 Å². The number of nitrogens with zero attached hydrogens (tertiary/aromatic N) is 1. The average Bonchev–Trinajstić information content (AvgIpc) is 2.76. The molecule has 2 heteroatoms. The zero-order valence-electron chi connectivity index (χ0n) is 11.2. The van der Waals surface area contributed by atoms with Crippen molar-refractivity contribution < 1.29 is 5.11 Å². The molecule has 1 N–H and O–H groups in total. The van der Waals surface area contributed by atoms with Crippen molar-refractivity contribution in [3.05, 3.63) is 0 Å². The SMILES string of the molecule is CC1CCCC(C2(O)CCN3CCCC3C2)C1. The topological polar surface area (TPSA) is 23.5 Å². The Labute approximate surface area is 105 Å². The van der Waals surface area contributed by atoms with Crippen LogP contribution in [0.1, 0.15) is 58.3 Å². The minimum Gasteiger partial charge on any atom is -0.389 e. The van der Waals surface area contributed by atoms with Crippen LogP contribution in [0.4, 0.5) is 0 Å². The summed E-state index contributed by atoms with van der Waals surface area (Å²) in [5.41, 5.74) is -0.319. The number of aliphatic hydroxyl groups is 1. The third kappa shape index (κ3) is 2.26. The Morgan fingerprint density at radius 3 is 2.82 bits per heavy atom. The molecule has 0 aromatic carbocycles. The fourth-order valence-electron chi connectivity index (χ4n) is 4.56. The Morgan fingerprint density at radius 1 is 1.12 bits per heavy atom. The zero-order valence-corrected chi connectivity index (χ0v) is 11.2. The maximum absolute atomic E-state index is 11.0. The first-order chi connectivity index (χ1) is 8.17. The molecule has 3 fully saturated rings. The summed E-state index contributed by atoms with van der Waals surface area (Å²) in [6.45, 7) is 4.79. The van der Waals surface area contributed by atoms with Crippen molar-refractivity contribution >= 4 is 0 Å². The Hall–Kier alpha value is -0.0800. The number of hydrogen-bond donors (Lipinski definition) is 1. The Balaban J connectivity index is 1.68. The summed E-state index contributed by atoms with van der Waals surface area (Å²) in [4.78, 5) is 2.61. The lowest BCUT2D eigenvalue weighted by molar-refractivity contribution is -0.0931. The van der Waals surface area contributed by atoms with Gasteiger partial charge >= 0.3 is 0 Å². The molecule has 4 atom stereocenters. The van der Waals surface area contributed by atoms with Crippen LogP contribution < -0.4 is 0 Å². The van der Waals surface area contributed by atoms with Crippen molar-refractivity contribution in [2.45, 2.75) is 69.9 Å². The summed E-state index contributed by atoms with van der Waals surface area (Å²) in [7, 11) is 0. The van der Waals surface area contributed by atoms with Crippen molar-refractivity contribution in [3.63, 3.8) is 0 Å². The molecular formula is C15H27NO. The highest BCUT2D eigenvalue weighted by Gasteiger charge is 2.45. The van der Waals surface area contributed by atoms with Crippen LogP contribution in [0.5, 0.6) is 0 Å². The van der Waals surface area contributed by atoms with Crippen LogP contribution >= 0.6 is 0 Å². The van der Waals surface area contributed by atoms with E-state index < -0.39 is 0 Å². The van der Waals surface area contributed by atoms with E-state index in [1.807, 2.05) is 0 Å². The van der Waals surface area contributed by atoms with Gasteiger partial charge in [-0.25, -0.2) is 0 Å². The first-order valence-corrected chi connectivity index (χ1v) is 7.64. The summed E-state index contributed by atoms with van der Waals surface area (Å²) in [5.74, 6) is 1.42. The van der Waals surface area contributed by atoms with E-state index in [2.05, 4.69) is 11.8 Å². The van der Waals surface area contributed by atoms with Crippen LogP contribution in [0, 0.1) is 11.8 Å². The molecule has 1 saturated carbocycles. The second-order valence-corrected chi connectivity index (χ2v) is 6.86. The van der Waals surface area contributed by atoms with Crippen molar-refractivity contribution in [2.75, 3.05) is 13.1 Å². The molecule has 98 valence electrons. The smallest absolute Gasteiger partial charge is 0.0703 e. The Morgan fingerprint density at radius 2 is 2.00 bits per heavy atom. The maximum atomic E-state index is 11.0. The van der Waals surface area contributed by atoms with E-state index in [0.29, 0.717) is 12.0 Å². The predicted molar refractivity (Wildman–Crippen MR) is 69.9 cm³/mol. The van der Waals surface area contributed by atoms with Gasteiger partial charge in [-0.05, 0) is 56.9 Å². The maximum Gasteiger partial charge on any atom is 0.0703 e. The lowest BCUT2D eigenvalue weighted by Gasteiger charge is -2.47. The first kappa shape index (κ1) is 12.0. The summed E-state index contributed by atoms with van der Waals surface area (Å²) in [6, 6.07) is 0.700. The molecule has 0 spiro atoms. The van der Waals surface area contributed by atoms with E-state index in [9.17, 15) is 5.11 Å². The lowest BCUT2D eigenvalue weighted by Crippen LogP contribution is -2.52. The Bertz CT molecular complexity index is 280. The van der Waals surface area contributed by atoms with Crippen molar-refractivity contribution in [1.82, 2.24) is 4.90 Å². The van der Waals surface area contributed by atoms with Crippen molar-refractivity contribution in [1.29, 1.82) is 0 Å². The summed E-state index contributed by atoms with van der Waals surface area (Å²) < 4.78 is 0. The van der Waals surface area contributed by atoms with Crippen LogP contribution in [-0.4, -0.2) is 34.7 Å². The minimum atomic E-state index is -0.319. The minimum absolute atomic E-state index is 0.319. The highest BCUT2D eigenvalue weighted by molar-refractivity contribution is 4.99. The summed E-state index contributed by atoms with van der Waals surface area (Å²) in [6.07, 6.45) is 10.0. The van der Waals surface area contributed by atoms with Gasteiger partial charge in [0.05, 0.1) is 5.60 Å². The molecular weight excluding hydrogens is 210 g/mol. The molecule has 2 aliphatic heterocycles. The van der Waals surface area contributed by atoms with Gasteiger partial charge in [-0.2, -0.15) is 0 Å². The summed E-state index contributed by atoms with van der Waals surface area (Å²) >= 11 is 0. The van der Waals surface area contributed by atoms with Gasteiger partial charge < -0.3 is 10.0 Å². The largest absolute Gasteiger partial charge is 0.389 e. The van der Waals surface area contributed by atoms with Crippen LogP contribution in [0.15, 0.2) is 0 Å². The van der Waals surface area contributed by atoms with Gasteiger partial charge in [0, 0.05) is 12.6 Å². The quantitative estimate of drug-likeness (QED) is 0.758.